The van der Waals surface area contributed by atoms with Crippen LogP contribution in [-0.2, 0) is 0 Å². The summed E-state index contributed by atoms with van der Waals surface area (Å²) in [6.45, 7) is 0. The second-order valence-corrected chi connectivity index (χ2v) is 3.46. The van der Waals surface area contributed by atoms with Crippen molar-refractivity contribution < 1.29 is 28.3 Å². The molecule has 18 heavy (non-hydrogen) atoms. The van der Waals surface area contributed by atoms with E-state index in [1.807, 2.05) is 0 Å². The number of carboxylic acid groups (broad SMARTS) is 1. The van der Waals surface area contributed by atoms with Crippen LogP contribution in [-0.4, -0.2) is 21.3 Å². The number of alkyl halides is 2. The van der Waals surface area contributed by atoms with E-state index in [2.05, 4.69) is 9.68 Å². The average Bonchev–Trinajstić information content (AvgIpc) is 2.78. The molecule has 0 radical (unpaired) electrons. The predicted octanol–water partition coefficient (Wildman–Crippen LogP) is 2.68. The molecule has 0 saturated carbocycles. The number of halogens is 2. The molecular weight excluding hydrogens is 248 g/mol. The number of aromatic hydroxyl groups is 1. The third kappa shape index (κ3) is 2.15. The molecule has 2 aromatic rings. The van der Waals surface area contributed by atoms with Crippen molar-refractivity contribution in [2.45, 2.75) is 6.43 Å². The second kappa shape index (κ2) is 4.44. The Morgan fingerprint density at radius 1 is 1.33 bits per heavy atom. The van der Waals surface area contributed by atoms with Crippen LogP contribution in [0, 0.1) is 0 Å². The van der Waals surface area contributed by atoms with Gasteiger partial charge in [0.05, 0.1) is 0 Å². The number of hydrogen-bond acceptors (Lipinski definition) is 4. The van der Waals surface area contributed by atoms with Crippen molar-refractivity contribution in [3.05, 3.63) is 35.6 Å². The molecule has 0 unspecified atom stereocenters. The first-order valence-electron chi connectivity index (χ1n) is 4.80. The van der Waals surface area contributed by atoms with Crippen LogP contribution in [0.2, 0.25) is 0 Å². The van der Waals surface area contributed by atoms with Crippen molar-refractivity contribution in [2.75, 3.05) is 0 Å². The fourth-order valence-electron chi connectivity index (χ4n) is 1.40. The summed E-state index contributed by atoms with van der Waals surface area (Å²) in [7, 11) is 0. The van der Waals surface area contributed by atoms with E-state index in [9.17, 15) is 18.7 Å². The minimum absolute atomic E-state index is 0.0101. The molecule has 1 aromatic carbocycles. The molecule has 0 aliphatic heterocycles. The molecule has 0 aliphatic rings. The Bertz CT molecular complexity index is 594. The van der Waals surface area contributed by atoms with Gasteiger partial charge < -0.3 is 14.7 Å². The number of carboxylic acids is 1. The molecule has 0 aliphatic carbocycles. The van der Waals surface area contributed by atoms with E-state index in [1.54, 1.807) is 0 Å². The van der Waals surface area contributed by atoms with Gasteiger partial charge in [0.1, 0.15) is 11.4 Å². The Morgan fingerprint density at radius 2 is 2.06 bits per heavy atom. The number of phenols is 1. The maximum absolute atomic E-state index is 12.5. The number of rotatable bonds is 3. The number of hydrogen-bond donors (Lipinski definition) is 2. The van der Waals surface area contributed by atoms with E-state index < -0.39 is 18.2 Å². The molecule has 5 nitrogen and oxygen atoms in total. The Hall–Kier alpha value is -2.44. The molecule has 2 rings (SSSR count). The van der Waals surface area contributed by atoms with Gasteiger partial charge in [-0.3, -0.25) is 0 Å². The summed E-state index contributed by atoms with van der Waals surface area (Å²) < 4.78 is 29.5. The molecule has 7 heteroatoms. The third-order valence-electron chi connectivity index (χ3n) is 2.27. The first kappa shape index (κ1) is 12.0. The maximum atomic E-state index is 12.5. The van der Waals surface area contributed by atoms with Crippen LogP contribution in [0.15, 0.2) is 28.8 Å². The van der Waals surface area contributed by atoms with Gasteiger partial charge in [0, 0.05) is 17.2 Å². The van der Waals surface area contributed by atoms with E-state index in [1.165, 1.54) is 0 Å². The highest BCUT2D eigenvalue weighted by molar-refractivity contribution is 5.86. The number of nitrogens with zero attached hydrogens (tertiary/aromatic N) is 1. The first-order valence-corrected chi connectivity index (χ1v) is 4.80. The van der Waals surface area contributed by atoms with E-state index in [0.717, 1.165) is 24.3 Å². The number of benzene rings is 1. The van der Waals surface area contributed by atoms with Crippen LogP contribution in [0.3, 0.4) is 0 Å². The lowest BCUT2D eigenvalue weighted by atomic mass is 10.1. The normalized spacial score (nSPS) is 10.8. The van der Waals surface area contributed by atoms with Crippen molar-refractivity contribution in [3.63, 3.8) is 0 Å². The number of aromatic carboxylic acids is 1. The fourth-order valence-corrected chi connectivity index (χ4v) is 1.40. The summed E-state index contributed by atoms with van der Waals surface area (Å²) in [5, 5.41) is 21.6. The molecular formula is C11H7F2NO4. The Labute approximate surface area is 99.3 Å². The SMILES string of the molecule is O=C(O)c1cc(-c2cc(C(F)F)ccc2O)no1. The maximum Gasteiger partial charge on any atom is 0.374 e. The monoisotopic (exact) mass is 255 g/mol. The van der Waals surface area contributed by atoms with Crippen LogP contribution in [0.25, 0.3) is 11.3 Å². The molecule has 94 valence electrons. The van der Waals surface area contributed by atoms with Crippen LogP contribution in [0.4, 0.5) is 8.78 Å². The Kier molecular flexibility index (Phi) is 2.97. The molecule has 1 heterocycles. The summed E-state index contributed by atoms with van der Waals surface area (Å²) in [6.07, 6.45) is -2.70. The molecule has 2 N–H and O–H groups in total. The van der Waals surface area contributed by atoms with Crippen molar-refractivity contribution in [3.8, 4) is 17.0 Å². The lowest BCUT2D eigenvalue weighted by Crippen LogP contribution is -1.91. The zero-order valence-electron chi connectivity index (χ0n) is 8.80. The average molecular weight is 255 g/mol. The standard InChI is InChI=1S/C11H7F2NO4/c12-10(13)5-1-2-8(15)6(3-5)7-4-9(11(16)17)18-14-7/h1-4,10,15H,(H,16,17). The molecule has 0 atom stereocenters. The van der Waals surface area contributed by atoms with E-state index >= 15 is 0 Å². The van der Waals surface area contributed by atoms with E-state index in [4.69, 9.17) is 5.11 Å². The lowest BCUT2D eigenvalue weighted by molar-refractivity contribution is 0.0652. The van der Waals surface area contributed by atoms with Crippen LogP contribution >= 0.6 is 0 Å². The van der Waals surface area contributed by atoms with Crippen molar-refractivity contribution in [1.82, 2.24) is 5.16 Å². The number of aromatic nitrogens is 1. The molecule has 1 aromatic heterocycles. The summed E-state index contributed by atoms with van der Waals surface area (Å²) >= 11 is 0. The van der Waals surface area contributed by atoms with Gasteiger partial charge in [-0.05, 0) is 18.2 Å². The number of carbonyl (C=O) groups is 1. The molecule has 0 fully saturated rings. The van der Waals surface area contributed by atoms with Gasteiger partial charge >= 0.3 is 5.97 Å². The van der Waals surface area contributed by atoms with Crippen molar-refractivity contribution >= 4 is 5.97 Å². The molecule has 0 saturated heterocycles. The zero-order valence-corrected chi connectivity index (χ0v) is 8.80. The largest absolute Gasteiger partial charge is 0.507 e. The highest BCUT2D eigenvalue weighted by atomic mass is 19.3. The highest BCUT2D eigenvalue weighted by Crippen LogP contribution is 2.32. The van der Waals surface area contributed by atoms with Crippen LogP contribution < -0.4 is 0 Å². The van der Waals surface area contributed by atoms with Gasteiger partial charge in [0.15, 0.2) is 0 Å². The summed E-state index contributed by atoms with van der Waals surface area (Å²) in [6, 6.07) is 4.24. The van der Waals surface area contributed by atoms with E-state index in [0.29, 0.717) is 0 Å². The van der Waals surface area contributed by atoms with Gasteiger partial charge in [-0.2, -0.15) is 0 Å². The third-order valence-corrected chi connectivity index (χ3v) is 2.27. The van der Waals surface area contributed by atoms with Crippen molar-refractivity contribution in [2.24, 2.45) is 0 Å². The summed E-state index contributed by atoms with van der Waals surface area (Å²) in [4.78, 5) is 10.6. The van der Waals surface area contributed by atoms with Crippen molar-refractivity contribution in [1.29, 1.82) is 0 Å². The zero-order chi connectivity index (χ0) is 13.3. The van der Waals surface area contributed by atoms with Gasteiger partial charge in [-0.15, -0.1) is 0 Å². The Morgan fingerprint density at radius 3 is 2.61 bits per heavy atom. The molecule has 0 spiro atoms. The summed E-state index contributed by atoms with van der Waals surface area (Å²) in [5.74, 6) is -2.06. The predicted molar refractivity (Wildman–Crippen MR) is 55.5 cm³/mol. The summed E-state index contributed by atoms with van der Waals surface area (Å²) in [5.41, 5.74) is -0.334. The quantitative estimate of drug-likeness (QED) is 0.880. The number of phenolic OH excluding ortho intramolecular Hbond substituents is 1. The Balaban J connectivity index is 2.48. The van der Waals surface area contributed by atoms with Crippen LogP contribution in [0.1, 0.15) is 22.5 Å². The van der Waals surface area contributed by atoms with Gasteiger partial charge in [0.25, 0.3) is 6.43 Å². The van der Waals surface area contributed by atoms with Gasteiger partial charge in [-0.1, -0.05) is 5.16 Å². The van der Waals surface area contributed by atoms with E-state index in [-0.39, 0.29) is 22.6 Å². The van der Waals surface area contributed by atoms with Gasteiger partial charge in [-0.25, -0.2) is 13.6 Å². The smallest absolute Gasteiger partial charge is 0.374 e. The van der Waals surface area contributed by atoms with Crippen LogP contribution in [0.5, 0.6) is 5.75 Å². The minimum Gasteiger partial charge on any atom is -0.507 e. The highest BCUT2D eigenvalue weighted by Gasteiger charge is 2.17. The fraction of sp³-hybridized carbons (Fsp3) is 0.0909. The second-order valence-electron chi connectivity index (χ2n) is 3.46. The first-order chi connectivity index (χ1) is 8.49. The minimum atomic E-state index is -2.70. The topological polar surface area (TPSA) is 83.6 Å². The molecule has 0 amide bonds. The molecule has 0 bridgehead atoms. The van der Waals surface area contributed by atoms with Gasteiger partial charge in [0.2, 0.25) is 5.76 Å². The lowest BCUT2D eigenvalue weighted by Gasteiger charge is -2.04.